The van der Waals surface area contributed by atoms with Crippen LogP contribution in [0.25, 0.3) is 30.6 Å². The van der Waals surface area contributed by atoms with Crippen LogP contribution >= 0.6 is 22.7 Å². The standard InChI is InChI=1S/C52H62N2O2S2/c1-47(2,3)37-27-51(28-38(43(37)55)48(4,5)6)35-25-41(31-17-21-33(22-18-31)53(13)14)57-45(35)46-36(26-42(58-46)32-19-23-34(24-20-32)54(15)16)52(51)29-39(49(7,8)9)44(56)40(30-52)50(10,11)12/h17-30H,1-16H3. The van der Waals surface area contributed by atoms with Gasteiger partial charge in [-0.25, -0.2) is 0 Å². The molecule has 58 heavy (non-hydrogen) atoms. The fourth-order valence-corrected chi connectivity index (χ4v) is 11.5. The number of allylic oxidation sites excluding steroid dienone is 8. The van der Waals surface area contributed by atoms with Gasteiger partial charge >= 0.3 is 0 Å². The molecule has 0 bridgehead atoms. The zero-order chi connectivity index (χ0) is 42.7. The lowest BCUT2D eigenvalue weighted by Gasteiger charge is -2.54. The quantitative estimate of drug-likeness (QED) is 0.206. The number of thiophene rings is 2. The number of anilines is 2. The molecule has 0 unspecified atom stereocenters. The van der Waals surface area contributed by atoms with Crippen LogP contribution in [0.3, 0.4) is 0 Å². The van der Waals surface area contributed by atoms with Crippen molar-refractivity contribution in [3.8, 4) is 30.6 Å². The first-order valence-corrected chi connectivity index (χ1v) is 22.2. The Morgan fingerprint density at radius 3 is 0.914 bits per heavy atom. The molecule has 4 nitrogen and oxygen atoms in total. The number of Topliss-reactive ketones (excluding diaryl/α,β-unsaturated/α-hetero) is 2. The minimum Gasteiger partial charge on any atom is -0.378 e. The Labute approximate surface area is 356 Å². The molecule has 0 N–H and O–H groups in total. The van der Waals surface area contributed by atoms with Gasteiger partial charge in [0.15, 0.2) is 11.6 Å². The Morgan fingerprint density at radius 2 is 0.690 bits per heavy atom. The number of nitrogens with zero attached hydrogens (tertiary/aromatic N) is 2. The number of hydrogen-bond acceptors (Lipinski definition) is 6. The van der Waals surface area contributed by atoms with Crippen molar-refractivity contribution in [2.24, 2.45) is 21.7 Å². The normalized spacial score (nSPS) is 17.7. The van der Waals surface area contributed by atoms with Gasteiger partial charge < -0.3 is 9.80 Å². The lowest BCUT2D eigenvalue weighted by Crippen LogP contribution is -2.52. The maximum atomic E-state index is 14.9. The largest absolute Gasteiger partial charge is 0.378 e. The molecule has 3 aliphatic carbocycles. The van der Waals surface area contributed by atoms with Crippen LogP contribution < -0.4 is 9.80 Å². The zero-order valence-corrected chi connectivity index (χ0v) is 39.2. The molecule has 0 saturated heterocycles. The van der Waals surface area contributed by atoms with E-state index in [1.54, 1.807) is 0 Å². The van der Waals surface area contributed by atoms with E-state index in [4.69, 9.17) is 0 Å². The van der Waals surface area contributed by atoms with Gasteiger partial charge in [0.2, 0.25) is 0 Å². The van der Waals surface area contributed by atoms with Crippen molar-refractivity contribution < 1.29 is 9.59 Å². The smallest absolute Gasteiger partial charge is 0.185 e. The molecule has 7 rings (SSSR count). The van der Waals surface area contributed by atoms with Crippen LogP contribution in [-0.4, -0.2) is 39.8 Å². The molecule has 2 spiro atoms. The Kier molecular flexibility index (Phi) is 9.85. The Balaban J connectivity index is 1.71. The second-order valence-corrected chi connectivity index (χ2v) is 23.3. The summed E-state index contributed by atoms with van der Waals surface area (Å²) in [6, 6.07) is 22.5. The fraction of sp³-hybridized carbons (Fsp3) is 0.423. The van der Waals surface area contributed by atoms with E-state index in [1.807, 2.05) is 22.7 Å². The summed E-state index contributed by atoms with van der Waals surface area (Å²) >= 11 is 3.69. The van der Waals surface area contributed by atoms with Crippen LogP contribution in [0.1, 0.15) is 94.2 Å². The van der Waals surface area contributed by atoms with E-state index < -0.39 is 32.5 Å². The number of hydrogen-bond donors (Lipinski definition) is 0. The number of fused-ring (bicyclic) bond motifs is 6. The van der Waals surface area contributed by atoms with E-state index in [1.165, 1.54) is 30.6 Å². The molecule has 0 saturated carbocycles. The number of rotatable bonds is 4. The second-order valence-electron chi connectivity index (χ2n) is 21.2. The SMILES string of the molecule is CN(C)c1ccc(-c2cc3c(s2)-c2sc(-c4ccc(N(C)C)cc4)cc2C2(C=C(C(C)(C)C)C(=O)C(C(C)(C)C)=C2)C32C=C(C(C)(C)C)C(=O)C(C(C)(C)C)=C2)cc1. The highest BCUT2D eigenvalue weighted by Crippen LogP contribution is 2.67. The molecule has 4 aromatic rings. The third-order valence-electron chi connectivity index (χ3n) is 12.3. The first-order chi connectivity index (χ1) is 26.7. The first kappa shape index (κ1) is 41.9. The molecule has 2 aromatic carbocycles. The number of carbonyl (C=O) groups excluding carboxylic acids is 2. The van der Waals surface area contributed by atoms with Gasteiger partial charge in [0.1, 0.15) is 0 Å². The molecule has 2 heterocycles. The van der Waals surface area contributed by atoms with E-state index in [2.05, 4.69) is 206 Å². The van der Waals surface area contributed by atoms with Crippen molar-refractivity contribution in [1.82, 2.24) is 0 Å². The maximum absolute atomic E-state index is 14.9. The van der Waals surface area contributed by atoms with Crippen LogP contribution in [0, 0.1) is 21.7 Å². The van der Waals surface area contributed by atoms with E-state index in [-0.39, 0.29) is 11.6 Å². The minimum absolute atomic E-state index is 0.113. The van der Waals surface area contributed by atoms with Gasteiger partial charge in [0, 0.05) is 81.4 Å². The Bertz CT molecular complexity index is 2200. The van der Waals surface area contributed by atoms with Crippen LogP contribution in [0.15, 0.2) is 107 Å². The molecule has 304 valence electrons. The molecule has 0 fully saturated rings. The number of ketones is 2. The van der Waals surface area contributed by atoms with E-state index in [9.17, 15) is 9.59 Å². The summed E-state index contributed by atoms with van der Waals surface area (Å²) in [7, 11) is 8.29. The van der Waals surface area contributed by atoms with Crippen molar-refractivity contribution in [2.45, 2.75) is 93.9 Å². The Morgan fingerprint density at radius 1 is 0.431 bits per heavy atom. The Hall–Kier alpha value is -4.26. The predicted molar refractivity (Wildman–Crippen MR) is 251 cm³/mol. The third-order valence-corrected chi connectivity index (χ3v) is 14.8. The monoisotopic (exact) mass is 810 g/mol. The summed E-state index contributed by atoms with van der Waals surface area (Å²) in [6.07, 6.45) is 9.35. The van der Waals surface area contributed by atoms with Gasteiger partial charge in [-0.3, -0.25) is 9.59 Å². The lowest BCUT2D eigenvalue weighted by atomic mass is 9.47. The summed E-state index contributed by atoms with van der Waals surface area (Å²) in [5, 5.41) is 0. The summed E-state index contributed by atoms with van der Waals surface area (Å²) in [5.41, 5.74) is 6.83. The predicted octanol–water partition coefficient (Wildman–Crippen LogP) is 13.5. The van der Waals surface area contributed by atoms with Gasteiger partial charge in [-0.1, -0.05) is 132 Å². The van der Waals surface area contributed by atoms with E-state index in [0.29, 0.717) is 0 Å². The molecule has 0 atom stereocenters. The minimum atomic E-state index is -0.840. The highest BCUT2D eigenvalue weighted by atomic mass is 32.1. The van der Waals surface area contributed by atoms with Crippen molar-refractivity contribution in [2.75, 3.05) is 38.0 Å². The van der Waals surface area contributed by atoms with Crippen LogP contribution in [0.4, 0.5) is 11.4 Å². The molecule has 0 amide bonds. The number of carbonyl (C=O) groups is 2. The third kappa shape index (κ3) is 6.72. The van der Waals surface area contributed by atoms with Crippen molar-refractivity contribution >= 4 is 45.6 Å². The number of benzene rings is 2. The van der Waals surface area contributed by atoms with Crippen molar-refractivity contribution in [3.05, 3.63) is 118 Å². The molecule has 6 heteroatoms. The van der Waals surface area contributed by atoms with Gasteiger partial charge in [-0.05, 0) is 80.3 Å². The molecule has 0 aliphatic heterocycles. The first-order valence-electron chi connectivity index (χ1n) is 20.6. The summed E-state index contributed by atoms with van der Waals surface area (Å²) in [5.74, 6) is 0.226. The van der Waals surface area contributed by atoms with Gasteiger partial charge in [0.05, 0.1) is 10.8 Å². The van der Waals surface area contributed by atoms with Crippen LogP contribution in [-0.2, 0) is 20.4 Å². The van der Waals surface area contributed by atoms with Crippen molar-refractivity contribution in [3.63, 3.8) is 0 Å². The summed E-state index contributed by atoms with van der Waals surface area (Å²) in [4.78, 5) is 38.9. The molecule has 0 radical (unpaired) electrons. The zero-order valence-electron chi connectivity index (χ0n) is 37.6. The molecular weight excluding hydrogens is 749 g/mol. The van der Waals surface area contributed by atoms with Gasteiger partial charge in [0.25, 0.3) is 0 Å². The summed E-state index contributed by atoms with van der Waals surface area (Å²) < 4.78 is 0. The molecular formula is C52H62N2O2S2. The average molecular weight is 811 g/mol. The topological polar surface area (TPSA) is 40.6 Å². The van der Waals surface area contributed by atoms with Gasteiger partial charge in [-0.2, -0.15) is 0 Å². The van der Waals surface area contributed by atoms with Crippen LogP contribution in [0.5, 0.6) is 0 Å². The molecule has 3 aliphatic rings. The van der Waals surface area contributed by atoms with E-state index in [0.717, 1.165) is 44.8 Å². The van der Waals surface area contributed by atoms with Crippen LogP contribution in [0.2, 0.25) is 0 Å². The van der Waals surface area contributed by atoms with E-state index >= 15 is 0 Å². The average Bonchev–Trinajstić information content (AvgIpc) is 3.77. The fourth-order valence-electron chi connectivity index (χ4n) is 8.88. The lowest BCUT2D eigenvalue weighted by molar-refractivity contribution is -0.115. The van der Waals surface area contributed by atoms with Gasteiger partial charge in [-0.15, -0.1) is 22.7 Å². The van der Waals surface area contributed by atoms with Crippen molar-refractivity contribution in [1.29, 1.82) is 0 Å². The molecule has 2 aromatic heterocycles. The highest BCUT2D eigenvalue weighted by molar-refractivity contribution is 7.25. The highest BCUT2D eigenvalue weighted by Gasteiger charge is 2.60. The summed E-state index contributed by atoms with van der Waals surface area (Å²) in [6.45, 7) is 26.0. The second kappa shape index (κ2) is 13.6. The maximum Gasteiger partial charge on any atom is 0.185 e.